The van der Waals surface area contributed by atoms with E-state index in [-0.39, 0.29) is 0 Å². The molecule has 1 heterocycles. The van der Waals surface area contributed by atoms with Crippen molar-refractivity contribution in [1.29, 1.82) is 0 Å². The zero-order valence-electron chi connectivity index (χ0n) is 8.84. The minimum absolute atomic E-state index is 1.16. The maximum atomic E-state index is 4.41. The number of allylic oxidation sites excluding steroid dienone is 1. The van der Waals surface area contributed by atoms with Crippen molar-refractivity contribution in [3.05, 3.63) is 11.9 Å². The second-order valence-electron chi connectivity index (χ2n) is 3.68. The van der Waals surface area contributed by atoms with Gasteiger partial charge in [-0.2, -0.15) is 0 Å². The van der Waals surface area contributed by atoms with Crippen LogP contribution in [0.5, 0.6) is 0 Å². The molecule has 0 saturated carbocycles. The van der Waals surface area contributed by atoms with Crippen LogP contribution in [-0.2, 0) is 0 Å². The van der Waals surface area contributed by atoms with E-state index < -0.39 is 0 Å². The van der Waals surface area contributed by atoms with Gasteiger partial charge in [0.05, 0.1) is 12.2 Å². The average molecular weight is 181 g/mol. The summed E-state index contributed by atoms with van der Waals surface area (Å²) in [6.07, 6.45) is 10.6. The number of unbranched alkanes of at least 4 members (excludes halogenated alkanes) is 2. The maximum absolute atomic E-state index is 4.41. The molecule has 1 aliphatic rings. The Morgan fingerprint density at radius 3 is 2.69 bits per heavy atom. The fourth-order valence-electron chi connectivity index (χ4n) is 1.47. The van der Waals surface area contributed by atoms with Gasteiger partial charge in [0.2, 0.25) is 0 Å². The van der Waals surface area contributed by atoms with Gasteiger partial charge in [-0.05, 0) is 19.3 Å². The Balaban J connectivity index is 2.24. The van der Waals surface area contributed by atoms with Gasteiger partial charge in [0.15, 0.2) is 6.34 Å². The highest BCUT2D eigenvalue weighted by Crippen LogP contribution is 2.07. The third-order valence-corrected chi connectivity index (χ3v) is 2.35. The molecule has 0 bridgehead atoms. The van der Waals surface area contributed by atoms with Gasteiger partial charge in [0.1, 0.15) is 6.20 Å². The van der Waals surface area contributed by atoms with E-state index in [1.165, 1.54) is 42.8 Å². The molecular weight excluding hydrogens is 160 g/mol. The summed E-state index contributed by atoms with van der Waals surface area (Å²) >= 11 is 0. The fraction of sp³-hybridized carbons (Fsp3) is 0.727. The molecule has 0 aliphatic carbocycles. The number of rotatable bonds is 6. The quantitative estimate of drug-likeness (QED) is 0.643. The van der Waals surface area contributed by atoms with Crippen LogP contribution in [0.15, 0.2) is 16.9 Å². The van der Waals surface area contributed by atoms with Crippen molar-refractivity contribution in [3.8, 4) is 0 Å². The molecule has 0 radical (unpaired) electrons. The second-order valence-corrected chi connectivity index (χ2v) is 3.68. The van der Waals surface area contributed by atoms with E-state index in [4.69, 9.17) is 0 Å². The van der Waals surface area contributed by atoms with E-state index in [1.807, 2.05) is 6.34 Å². The van der Waals surface area contributed by atoms with Crippen molar-refractivity contribution in [2.45, 2.75) is 46.0 Å². The van der Waals surface area contributed by atoms with Gasteiger partial charge >= 0.3 is 0 Å². The molecule has 2 nitrogen and oxygen atoms in total. The molecule has 2 heteroatoms. The van der Waals surface area contributed by atoms with Gasteiger partial charge in [-0.1, -0.05) is 26.7 Å². The minimum Gasteiger partial charge on any atom is -0.265 e. The second kappa shape index (κ2) is 5.92. The van der Waals surface area contributed by atoms with Crippen LogP contribution in [0.1, 0.15) is 46.0 Å². The molecular formula is C11H21N2+. The van der Waals surface area contributed by atoms with E-state index in [1.54, 1.807) is 0 Å². The van der Waals surface area contributed by atoms with Crippen molar-refractivity contribution in [1.82, 2.24) is 0 Å². The summed E-state index contributed by atoms with van der Waals surface area (Å²) in [7, 11) is 0. The number of quaternary nitrogens is 1. The molecule has 1 N–H and O–H groups in total. The first kappa shape index (κ1) is 10.5. The van der Waals surface area contributed by atoms with Crippen molar-refractivity contribution in [3.63, 3.8) is 0 Å². The first-order valence-corrected chi connectivity index (χ1v) is 5.47. The molecule has 1 rings (SSSR count). The number of nitrogens with one attached hydrogen (secondary N) is 1. The van der Waals surface area contributed by atoms with Crippen LogP contribution < -0.4 is 4.90 Å². The predicted molar refractivity (Wildman–Crippen MR) is 56.8 cm³/mol. The van der Waals surface area contributed by atoms with Crippen molar-refractivity contribution in [2.75, 3.05) is 6.54 Å². The number of aliphatic imine (C=N–C) groups is 1. The Kier molecular flexibility index (Phi) is 4.76. The predicted octanol–water partition coefficient (Wildman–Crippen LogP) is 1.74. The largest absolute Gasteiger partial charge is 0.265 e. The first-order chi connectivity index (χ1) is 6.36. The normalized spacial score (nSPS) is 20.8. The summed E-state index contributed by atoms with van der Waals surface area (Å²) in [5.74, 6) is 0. The van der Waals surface area contributed by atoms with Gasteiger partial charge in [0.25, 0.3) is 0 Å². The van der Waals surface area contributed by atoms with E-state index in [9.17, 15) is 0 Å². The molecule has 0 fully saturated rings. The lowest BCUT2D eigenvalue weighted by Gasteiger charge is -2.02. The van der Waals surface area contributed by atoms with E-state index >= 15 is 0 Å². The summed E-state index contributed by atoms with van der Waals surface area (Å²) in [4.78, 5) is 5.83. The van der Waals surface area contributed by atoms with E-state index in [2.05, 4.69) is 25.0 Å². The summed E-state index contributed by atoms with van der Waals surface area (Å²) in [6, 6.07) is 0. The van der Waals surface area contributed by atoms with Gasteiger partial charge in [-0.3, -0.25) is 4.90 Å². The van der Waals surface area contributed by atoms with Crippen LogP contribution in [-0.4, -0.2) is 12.9 Å². The number of nitrogens with zero attached hydrogens (tertiary/aromatic N) is 1. The lowest BCUT2D eigenvalue weighted by molar-refractivity contribution is -0.736. The molecule has 1 atom stereocenters. The molecule has 0 aromatic carbocycles. The lowest BCUT2D eigenvalue weighted by atomic mass is 10.2. The van der Waals surface area contributed by atoms with Gasteiger partial charge in [0, 0.05) is 0 Å². The third-order valence-electron chi connectivity index (χ3n) is 2.35. The third kappa shape index (κ3) is 3.73. The van der Waals surface area contributed by atoms with E-state index in [0.29, 0.717) is 0 Å². The molecule has 1 unspecified atom stereocenters. The highest BCUT2D eigenvalue weighted by molar-refractivity contribution is 5.49. The Morgan fingerprint density at radius 1 is 1.23 bits per heavy atom. The Morgan fingerprint density at radius 2 is 2.00 bits per heavy atom. The van der Waals surface area contributed by atoms with Crippen LogP contribution in [0.25, 0.3) is 0 Å². The summed E-state index contributed by atoms with van der Waals surface area (Å²) < 4.78 is 0. The highest BCUT2D eigenvalue weighted by atomic mass is 15.2. The summed E-state index contributed by atoms with van der Waals surface area (Å²) in [5, 5.41) is 0. The SMILES string of the molecule is CCCCC1=C[NH+](CCCC)C=N1. The van der Waals surface area contributed by atoms with Gasteiger partial charge < -0.3 is 0 Å². The van der Waals surface area contributed by atoms with Crippen LogP contribution in [0.2, 0.25) is 0 Å². The Bertz CT molecular complexity index is 194. The summed E-state index contributed by atoms with van der Waals surface area (Å²) in [5.41, 5.74) is 1.29. The average Bonchev–Trinajstić information content (AvgIpc) is 2.59. The van der Waals surface area contributed by atoms with Crippen LogP contribution in [0, 0.1) is 0 Å². The monoisotopic (exact) mass is 181 g/mol. The smallest absolute Gasteiger partial charge is 0.193 e. The molecule has 74 valence electrons. The lowest BCUT2D eigenvalue weighted by Crippen LogP contribution is -3.05. The van der Waals surface area contributed by atoms with Crippen LogP contribution in [0.3, 0.4) is 0 Å². The van der Waals surface area contributed by atoms with Crippen molar-refractivity contribution >= 4 is 6.34 Å². The maximum Gasteiger partial charge on any atom is 0.193 e. The first-order valence-electron chi connectivity index (χ1n) is 5.47. The Hall–Kier alpha value is -0.630. The number of hydrogen-bond acceptors (Lipinski definition) is 1. The fourth-order valence-corrected chi connectivity index (χ4v) is 1.47. The number of hydrogen-bond donors (Lipinski definition) is 1. The zero-order valence-corrected chi connectivity index (χ0v) is 8.84. The molecule has 0 saturated heterocycles. The molecule has 0 aromatic heterocycles. The van der Waals surface area contributed by atoms with Gasteiger partial charge in [-0.15, -0.1) is 0 Å². The van der Waals surface area contributed by atoms with Crippen LogP contribution in [0.4, 0.5) is 0 Å². The molecule has 0 aromatic rings. The standard InChI is InChI=1S/C11H20N2/c1-3-5-7-11-9-13(10-12-11)8-6-4-2/h9-10H,3-8H2,1-2H3/p+1. The highest BCUT2D eigenvalue weighted by Gasteiger charge is 2.10. The molecule has 0 amide bonds. The molecule has 0 spiro atoms. The van der Waals surface area contributed by atoms with Crippen LogP contribution >= 0.6 is 0 Å². The van der Waals surface area contributed by atoms with Gasteiger partial charge in [-0.25, -0.2) is 4.99 Å². The molecule has 1 aliphatic heterocycles. The zero-order chi connectivity index (χ0) is 9.52. The van der Waals surface area contributed by atoms with E-state index in [0.717, 1.165) is 6.42 Å². The Labute approximate surface area is 81.3 Å². The minimum atomic E-state index is 1.16. The topological polar surface area (TPSA) is 16.8 Å². The molecule has 13 heavy (non-hydrogen) atoms. The van der Waals surface area contributed by atoms with Crippen molar-refractivity contribution < 1.29 is 4.90 Å². The van der Waals surface area contributed by atoms with Crippen molar-refractivity contribution in [2.24, 2.45) is 4.99 Å². The summed E-state index contributed by atoms with van der Waals surface area (Å²) in [6.45, 7) is 5.66.